The van der Waals surface area contributed by atoms with E-state index in [1.165, 1.54) is 12.3 Å². The van der Waals surface area contributed by atoms with Crippen LogP contribution >= 0.6 is 0 Å². The molecule has 2 rings (SSSR count). The van der Waals surface area contributed by atoms with Gasteiger partial charge < -0.3 is 10.4 Å². The van der Waals surface area contributed by atoms with Gasteiger partial charge in [-0.05, 0) is 24.3 Å². The molecule has 6 nitrogen and oxygen atoms in total. The molecule has 0 saturated heterocycles. The highest BCUT2D eigenvalue weighted by atomic mass is 16.4. The summed E-state index contributed by atoms with van der Waals surface area (Å²) < 4.78 is 0. The van der Waals surface area contributed by atoms with E-state index in [0.717, 1.165) is 5.69 Å². The van der Waals surface area contributed by atoms with Crippen molar-refractivity contribution in [2.45, 2.75) is 6.54 Å². The van der Waals surface area contributed by atoms with Gasteiger partial charge in [-0.2, -0.15) is 10.2 Å². The summed E-state index contributed by atoms with van der Waals surface area (Å²) >= 11 is 0. The van der Waals surface area contributed by atoms with Crippen molar-refractivity contribution in [1.29, 1.82) is 0 Å². The van der Waals surface area contributed by atoms with Gasteiger partial charge in [0.25, 0.3) is 0 Å². The fourth-order valence-corrected chi connectivity index (χ4v) is 1.23. The number of carbonyl (C=O) groups is 1. The van der Waals surface area contributed by atoms with Crippen LogP contribution in [0.15, 0.2) is 36.7 Å². The van der Waals surface area contributed by atoms with Crippen LogP contribution < -0.4 is 5.32 Å². The molecule has 2 N–H and O–H groups in total. The minimum Gasteiger partial charge on any atom is -0.478 e. The normalized spacial score (nSPS) is 9.88. The van der Waals surface area contributed by atoms with Gasteiger partial charge in [0, 0.05) is 12.4 Å². The SMILES string of the molecule is O=C(O)c1ccc(NCc2cccnn2)nc1. The monoisotopic (exact) mass is 230 g/mol. The lowest BCUT2D eigenvalue weighted by atomic mass is 10.3. The highest BCUT2D eigenvalue weighted by Gasteiger charge is 2.02. The molecule has 0 aliphatic rings. The largest absolute Gasteiger partial charge is 0.478 e. The van der Waals surface area contributed by atoms with Crippen LogP contribution in [0.5, 0.6) is 0 Å². The van der Waals surface area contributed by atoms with E-state index in [2.05, 4.69) is 20.5 Å². The first-order valence-electron chi connectivity index (χ1n) is 4.95. The maximum Gasteiger partial charge on any atom is 0.337 e. The van der Waals surface area contributed by atoms with E-state index in [1.807, 2.05) is 6.07 Å². The number of rotatable bonds is 4. The topological polar surface area (TPSA) is 88.0 Å². The van der Waals surface area contributed by atoms with Crippen molar-refractivity contribution < 1.29 is 9.90 Å². The molecule has 0 saturated carbocycles. The van der Waals surface area contributed by atoms with Gasteiger partial charge in [-0.1, -0.05) is 0 Å². The Morgan fingerprint density at radius 2 is 2.24 bits per heavy atom. The predicted octanol–water partition coefficient (Wildman–Crippen LogP) is 1.18. The van der Waals surface area contributed by atoms with Crippen LogP contribution in [-0.4, -0.2) is 26.3 Å². The highest BCUT2D eigenvalue weighted by molar-refractivity contribution is 5.87. The van der Waals surface area contributed by atoms with Crippen molar-refractivity contribution >= 4 is 11.8 Å². The zero-order valence-corrected chi connectivity index (χ0v) is 8.87. The number of hydrogen-bond donors (Lipinski definition) is 2. The summed E-state index contributed by atoms with van der Waals surface area (Å²) in [5.74, 6) is -0.390. The van der Waals surface area contributed by atoms with Crippen LogP contribution in [0.2, 0.25) is 0 Å². The summed E-state index contributed by atoms with van der Waals surface area (Å²) in [6, 6.07) is 6.74. The van der Waals surface area contributed by atoms with Crippen LogP contribution in [0.4, 0.5) is 5.82 Å². The molecule has 0 fully saturated rings. The summed E-state index contributed by atoms with van der Waals surface area (Å²) in [7, 11) is 0. The van der Waals surface area contributed by atoms with Crippen LogP contribution in [0.3, 0.4) is 0 Å². The Balaban J connectivity index is 1.98. The Hall–Kier alpha value is -2.50. The van der Waals surface area contributed by atoms with Crippen molar-refractivity contribution in [3.05, 3.63) is 47.9 Å². The van der Waals surface area contributed by atoms with E-state index < -0.39 is 5.97 Å². The molecule has 0 aliphatic heterocycles. The standard InChI is InChI=1S/C11H10N4O2/c16-11(17)8-3-4-10(12-6-8)13-7-9-2-1-5-14-15-9/h1-6H,7H2,(H,12,13)(H,16,17). The van der Waals surface area contributed by atoms with E-state index in [4.69, 9.17) is 5.11 Å². The minimum atomic E-state index is -0.988. The molecule has 0 radical (unpaired) electrons. The molecule has 0 aromatic carbocycles. The number of hydrogen-bond acceptors (Lipinski definition) is 5. The summed E-state index contributed by atoms with van der Waals surface area (Å²) in [6.45, 7) is 0.493. The molecule has 0 bridgehead atoms. The second-order valence-electron chi connectivity index (χ2n) is 3.31. The molecule has 0 spiro atoms. The number of anilines is 1. The average Bonchev–Trinajstić information content (AvgIpc) is 2.38. The van der Waals surface area contributed by atoms with Gasteiger partial charge in [0.2, 0.25) is 0 Å². The maximum absolute atomic E-state index is 10.6. The molecule has 2 heterocycles. The lowest BCUT2D eigenvalue weighted by Crippen LogP contribution is -2.04. The Morgan fingerprint density at radius 3 is 2.82 bits per heavy atom. The van der Waals surface area contributed by atoms with E-state index in [9.17, 15) is 4.79 Å². The number of carboxylic acid groups (broad SMARTS) is 1. The second-order valence-corrected chi connectivity index (χ2v) is 3.31. The van der Waals surface area contributed by atoms with Gasteiger partial charge >= 0.3 is 5.97 Å². The number of pyridine rings is 1. The smallest absolute Gasteiger partial charge is 0.337 e. The minimum absolute atomic E-state index is 0.162. The van der Waals surface area contributed by atoms with Crippen molar-refractivity contribution in [2.24, 2.45) is 0 Å². The molecule has 0 unspecified atom stereocenters. The number of carboxylic acids is 1. The van der Waals surface area contributed by atoms with Crippen molar-refractivity contribution in [3.8, 4) is 0 Å². The third-order valence-corrected chi connectivity index (χ3v) is 2.09. The van der Waals surface area contributed by atoms with Gasteiger partial charge in [-0.3, -0.25) is 0 Å². The molecule has 2 aromatic heterocycles. The first kappa shape index (κ1) is 11.0. The van der Waals surface area contributed by atoms with Crippen LogP contribution in [0, 0.1) is 0 Å². The van der Waals surface area contributed by atoms with Gasteiger partial charge in [0.1, 0.15) is 5.82 Å². The lowest BCUT2D eigenvalue weighted by Gasteiger charge is -2.04. The third-order valence-electron chi connectivity index (χ3n) is 2.09. The Morgan fingerprint density at radius 1 is 1.35 bits per heavy atom. The quantitative estimate of drug-likeness (QED) is 0.820. The average molecular weight is 230 g/mol. The Bertz CT molecular complexity index is 499. The summed E-state index contributed by atoms with van der Waals surface area (Å²) in [6.07, 6.45) is 2.91. The fourth-order valence-electron chi connectivity index (χ4n) is 1.23. The molecule has 86 valence electrons. The predicted molar refractivity (Wildman–Crippen MR) is 60.6 cm³/mol. The van der Waals surface area contributed by atoms with Gasteiger partial charge in [-0.15, -0.1) is 0 Å². The number of aromatic carboxylic acids is 1. The zero-order chi connectivity index (χ0) is 12.1. The van der Waals surface area contributed by atoms with Gasteiger partial charge in [-0.25, -0.2) is 9.78 Å². The Kier molecular flexibility index (Phi) is 3.25. The number of aromatic nitrogens is 3. The van der Waals surface area contributed by atoms with Crippen LogP contribution in [-0.2, 0) is 6.54 Å². The van der Waals surface area contributed by atoms with Crippen molar-refractivity contribution in [3.63, 3.8) is 0 Å². The van der Waals surface area contributed by atoms with Crippen LogP contribution in [0.25, 0.3) is 0 Å². The van der Waals surface area contributed by atoms with E-state index in [0.29, 0.717) is 12.4 Å². The molecule has 17 heavy (non-hydrogen) atoms. The molecule has 0 aliphatic carbocycles. The summed E-state index contributed by atoms with van der Waals surface area (Å²) in [5, 5.41) is 19.4. The fraction of sp³-hybridized carbons (Fsp3) is 0.0909. The van der Waals surface area contributed by atoms with Crippen molar-refractivity contribution in [1.82, 2.24) is 15.2 Å². The van der Waals surface area contributed by atoms with Crippen molar-refractivity contribution in [2.75, 3.05) is 5.32 Å². The first-order chi connectivity index (χ1) is 8.25. The zero-order valence-electron chi connectivity index (χ0n) is 8.87. The van der Waals surface area contributed by atoms with Crippen LogP contribution in [0.1, 0.15) is 16.1 Å². The molecule has 2 aromatic rings. The maximum atomic E-state index is 10.6. The van der Waals surface area contributed by atoms with E-state index >= 15 is 0 Å². The molecular formula is C11H10N4O2. The molecule has 0 atom stereocenters. The molecular weight excluding hydrogens is 220 g/mol. The molecule has 6 heteroatoms. The summed E-state index contributed by atoms with van der Waals surface area (Å²) in [4.78, 5) is 14.6. The summed E-state index contributed by atoms with van der Waals surface area (Å²) in [5.41, 5.74) is 0.951. The van der Waals surface area contributed by atoms with Gasteiger partial charge in [0.15, 0.2) is 0 Å². The third kappa shape index (κ3) is 2.97. The van der Waals surface area contributed by atoms with E-state index in [1.54, 1.807) is 18.3 Å². The number of nitrogens with zero attached hydrogens (tertiary/aromatic N) is 3. The second kappa shape index (κ2) is 5.02. The Labute approximate surface area is 97.4 Å². The highest BCUT2D eigenvalue weighted by Crippen LogP contribution is 2.06. The first-order valence-corrected chi connectivity index (χ1v) is 4.95. The van der Waals surface area contributed by atoms with E-state index in [-0.39, 0.29) is 5.56 Å². The molecule has 0 amide bonds. The van der Waals surface area contributed by atoms with Gasteiger partial charge in [0.05, 0.1) is 17.8 Å². The number of nitrogens with one attached hydrogen (secondary N) is 1. The lowest BCUT2D eigenvalue weighted by molar-refractivity contribution is 0.0696.